The number of hydrazine groups is 1. The minimum Gasteiger partial charge on any atom is -0.356 e. The van der Waals surface area contributed by atoms with Crippen molar-refractivity contribution >= 4 is 41.1 Å². The van der Waals surface area contributed by atoms with Crippen molar-refractivity contribution in [2.45, 2.75) is 77.3 Å². The van der Waals surface area contributed by atoms with Crippen LogP contribution in [0.4, 0.5) is 8.78 Å². The summed E-state index contributed by atoms with van der Waals surface area (Å²) in [6, 6.07) is -2.12. The molecule has 2 saturated heterocycles. The molecule has 2 aliphatic heterocycles. The van der Waals surface area contributed by atoms with Crippen LogP contribution in [0.3, 0.4) is 0 Å². The standard InChI is InChI=1S/C25H36ClF2N5O5/c1-23(2,3)16(30-22(38)25(28)7-8-25)20(36)32-11-13-14(24(13,4)5)15(32)19(35)31-33(21(37)17(26)27)10-12-6-9-29-18(12)34/h12-17H,6-11H2,1-5H3,(H,29,34)(H,30,38)(H,31,35)/t12-,13-,14-,15-,16+,17-/m0/s1. The van der Waals surface area contributed by atoms with E-state index in [1.54, 1.807) is 20.8 Å². The van der Waals surface area contributed by atoms with Crippen LogP contribution in [0.15, 0.2) is 0 Å². The van der Waals surface area contributed by atoms with Crippen molar-refractivity contribution < 1.29 is 32.8 Å². The average molecular weight is 560 g/mol. The maximum Gasteiger partial charge on any atom is 0.291 e. The van der Waals surface area contributed by atoms with Crippen molar-refractivity contribution in [3.8, 4) is 0 Å². The molecule has 4 aliphatic rings. The van der Waals surface area contributed by atoms with E-state index in [9.17, 15) is 32.8 Å². The smallest absolute Gasteiger partial charge is 0.291 e. The largest absolute Gasteiger partial charge is 0.356 e. The van der Waals surface area contributed by atoms with Crippen LogP contribution < -0.4 is 16.1 Å². The summed E-state index contributed by atoms with van der Waals surface area (Å²) in [5.41, 5.74) is -3.07. The quantitative estimate of drug-likeness (QED) is 0.317. The number of alkyl halides is 3. The molecular weight excluding hydrogens is 524 g/mol. The van der Waals surface area contributed by atoms with Crippen LogP contribution in [0, 0.1) is 28.6 Å². The van der Waals surface area contributed by atoms with Gasteiger partial charge in [-0.1, -0.05) is 46.2 Å². The predicted octanol–water partition coefficient (Wildman–Crippen LogP) is 1.03. The third-order valence-corrected chi connectivity index (χ3v) is 8.69. The van der Waals surface area contributed by atoms with E-state index in [1.165, 1.54) is 4.90 Å². The first kappa shape index (κ1) is 28.5. The first-order chi connectivity index (χ1) is 17.5. The molecule has 4 rings (SSSR count). The highest BCUT2D eigenvalue weighted by Crippen LogP contribution is 2.65. The summed E-state index contributed by atoms with van der Waals surface area (Å²) in [4.78, 5) is 65.9. The molecule has 0 aromatic carbocycles. The molecule has 2 aliphatic carbocycles. The van der Waals surface area contributed by atoms with Gasteiger partial charge in [-0.05, 0) is 41.9 Å². The molecule has 0 unspecified atom stereocenters. The van der Waals surface area contributed by atoms with Gasteiger partial charge in [0.2, 0.25) is 11.8 Å². The first-order valence-corrected chi connectivity index (χ1v) is 13.4. The van der Waals surface area contributed by atoms with Crippen molar-refractivity contribution in [3.63, 3.8) is 0 Å². The van der Waals surface area contributed by atoms with Crippen LogP contribution in [0.2, 0.25) is 0 Å². The van der Waals surface area contributed by atoms with Gasteiger partial charge < -0.3 is 15.5 Å². The van der Waals surface area contributed by atoms with Gasteiger partial charge in [0.15, 0.2) is 5.67 Å². The van der Waals surface area contributed by atoms with Crippen LogP contribution in [-0.4, -0.2) is 82.5 Å². The van der Waals surface area contributed by atoms with E-state index in [4.69, 9.17) is 11.6 Å². The Kier molecular flexibility index (Phi) is 7.20. The highest BCUT2D eigenvalue weighted by Gasteiger charge is 2.70. The van der Waals surface area contributed by atoms with Crippen molar-refractivity contribution in [1.29, 1.82) is 0 Å². The lowest BCUT2D eigenvalue weighted by molar-refractivity contribution is -0.151. The van der Waals surface area contributed by atoms with E-state index in [0.717, 1.165) is 0 Å². The third-order valence-electron chi connectivity index (χ3n) is 8.51. The normalized spacial score (nSPS) is 30.0. The summed E-state index contributed by atoms with van der Waals surface area (Å²) in [6.45, 7) is 9.49. The number of carbonyl (C=O) groups is 5. The number of piperidine rings is 1. The number of nitrogens with one attached hydrogen (secondary N) is 3. The molecule has 38 heavy (non-hydrogen) atoms. The first-order valence-electron chi connectivity index (χ1n) is 13.0. The van der Waals surface area contributed by atoms with Crippen molar-refractivity contribution in [2.75, 3.05) is 19.6 Å². The molecule has 3 N–H and O–H groups in total. The number of hydrogen-bond donors (Lipinski definition) is 3. The maximum atomic E-state index is 14.4. The molecule has 0 aromatic rings. The second-order valence-corrected chi connectivity index (χ2v) is 13.0. The van der Waals surface area contributed by atoms with Crippen LogP contribution in [0.25, 0.3) is 0 Å². The topological polar surface area (TPSA) is 128 Å². The number of likely N-dealkylation sites (tertiary alicyclic amines) is 1. The predicted molar refractivity (Wildman–Crippen MR) is 132 cm³/mol. The molecule has 13 heteroatoms. The van der Waals surface area contributed by atoms with Gasteiger partial charge >= 0.3 is 0 Å². The molecule has 0 bridgehead atoms. The highest BCUT2D eigenvalue weighted by atomic mass is 35.5. The van der Waals surface area contributed by atoms with Crippen LogP contribution in [0.5, 0.6) is 0 Å². The number of nitrogens with zero attached hydrogens (tertiary/aromatic N) is 2. The Morgan fingerprint density at radius 3 is 2.37 bits per heavy atom. The van der Waals surface area contributed by atoms with E-state index in [0.29, 0.717) is 18.0 Å². The monoisotopic (exact) mass is 559 g/mol. The van der Waals surface area contributed by atoms with E-state index >= 15 is 0 Å². The zero-order valence-corrected chi connectivity index (χ0v) is 23.0. The second kappa shape index (κ2) is 9.60. The summed E-state index contributed by atoms with van der Waals surface area (Å²) in [7, 11) is 0. The maximum absolute atomic E-state index is 14.4. The highest BCUT2D eigenvalue weighted by molar-refractivity contribution is 6.29. The number of carbonyl (C=O) groups excluding carboxylic acids is 5. The Labute approximate surface area is 225 Å². The minimum absolute atomic E-state index is 0.0128. The molecule has 2 saturated carbocycles. The number of hydrogen-bond acceptors (Lipinski definition) is 5. The van der Waals surface area contributed by atoms with Crippen LogP contribution in [0.1, 0.15) is 53.9 Å². The van der Waals surface area contributed by atoms with Crippen molar-refractivity contribution in [2.24, 2.45) is 28.6 Å². The molecular formula is C25H36ClF2N5O5. The average Bonchev–Trinajstić information content (AvgIpc) is 3.49. The lowest BCUT2D eigenvalue weighted by Gasteiger charge is -2.38. The van der Waals surface area contributed by atoms with Gasteiger partial charge in [-0.2, -0.15) is 0 Å². The van der Waals surface area contributed by atoms with Crippen LogP contribution in [-0.2, 0) is 24.0 Å². The van der Waals surface area contributed by atoms with E-state index in [-0.39, 0.29) is 49.1 Å². The molecule has 0 radical (unpaired) electrons. The number of rotatable bonds is 7. The Morgan fingerprint density at radius 1 is 1.24 bits per heavy atom. The Hall–Kier alpha value is -2.50. The van der Waals surface area contributed by atoms with E-state index in [2.05, 4.69) is 16.1 Å². The molecule has 0 aromatic heterocycles. The molecule has 10 nitrogen and oxygen atoms in total. The van der Waals surface area contributed by atoms with Crippen molar-refractivity contribution in [1.82, 2.24) is 26.0 Å². The third kappa shape index (κ3) is 5.20. The van der Waals surface area contributed by atoms with E-state index in [1.807, 2.05) is 13.8 Å². The van der Waals surface area contributed by atoms with Crippen molar-refractivity contribution in [3.05, 3.63) is 0 Å². The van der Waals surface area contributed by atoms with Gasteiger partial charge in [0.05, 0.1) is 12.5 Å². The van der Waals surface area contributed by atoms with Gasteiger partial charge in [0.1, 0.15) is 12.1 Å². The molecule has 212 valence electrons. The Bertz CT molecular complexity index is 1040. The fraction of sp³-hybridized carbons (Fsp3) is 0.800. The molecule has 6 atom stereocenters. The van der Waals surface area contributed by atoms with Gasteiger partial charge in [-0.15, -0.1) is 0 Å². The summed E-state index contributed by atoms with van der Waals surface area (Å²) in [6.07, 6.45) is 0.582. The number of halogens is 3. The second-order valence-electron chi connectivity index (χ2n) is 12.6. The summed E-state index contributed by atoms with van der Waals surface area (Å²) in [5.74, 6) is -4.57. The number of fused-ring (bicyclic) bond motifs is 1. The Morgan fingerprint density at radius 2 is 1.87 bits per heavy atom. The molecule has 4 fully saturated rings. The molecule has 2 heterocycles. The Balaban J connectivity index is 1.56. The lowest BCUT2D eigenvalue weighted by atomic mass is 9.85. The van der Waals surface area contributed by atoms with Gasteiger partial charge in [0, 0.05) is 13.1 Å². The van der Waals surface area contributed by atoms with E-state index < -0.39 is 58.3 Å². The lowest BCUT2D eigenvalue weighted by Crippen LogP contribution is -2.62. The zero-order valence-electron chi connectivity index (χ0n) is 22.3. The summed E-state index contributed by atoms with van der Waals surface area (Å²) >= 11 is 5.39. The fourth-order valence-electron chi connectivity index (χ4n) is 5.77. The zero-order chi connectivity index (χ0) is 28.4. The number of amides is 5. The SMILES string of the molecule is CC(C)(C)[C@H](NC(=O)C1(F)CC1)C(=O)N1C[C@H]2[C@@H]([C@H]1C(=O)NN(C[C@@H]1CCNC1=O)C(=O)[C@H](F)Cl)C2(C)C. The minimum atomic E-state index is -2.44. The van der Waals surface area contributed by atoms with Crippen LogP contribution >= 0.6 is 11.6 Å². The van der Waals surface area contributed by atoms with Gasteiger partial charge in [-0.25, -0.2) is 13.8 Å². The fourth-order valence-corrected chi connectivity index (χ4v) is 5.89. The summed E-state index contributed by atoms with van der Waals surface area (Å²) in [5, 5.41) is 5.90. The molecule has 5 amide bonds. The van der Waals surface area contributed by atoms with Gasteiger partial charge in [-0.3, -0.25) is 29.4 Å². The van der Waals surface area contributed by atoms with Gasteiger partial charge in [0.25, 0.3) is 23.4 Å². The summed E-state index contributed by atoms with van der Waals surface area (Å²) < 4.78 is 28.2. The molecule has 0 spiro atoms.